The van der Waals surface area contributed by atoms with Gasteiger partial charge in [-0.25, -0.2) is 13.1 Å². The van der Waals surface area contributed by atoms with Crippen LogP contribution in [0.15, 0.2) is 0 Å². The van der Waals surface area contributed by atoms with E-state index in [9.17, 15) is 8.42 Å². The molecule has 0 bridgehead atoms. The molecule has 6 nitrogen and oxygen atoms in total. The van der Waals surface area contributed by atoms with Crippen molar-refractivity contribution in [1.29, 1.82) is 0 Å². The third-order valence-corrected chi connectivity index (χ3v) is 5.26. The Kier molecular flexibility index (Phi) is 3.11. The fourth-order valence-corrected chi connectivity index (χ4v) is 2.62. The molecule has 7 heteroatoms. The van der Waals surface area contributed by atoms with Crippen LogP contribution in [-0.4, -0.2) is 34.4 Å². The van der Waals surface area contributed by atoms with E-state index in [2.05, 4.69) is 10.3 Å². The highest BCUT2D eigenvalue weighted by Crippen LogP contribution is 2.41. The molecule has 0 aromatic carbocycles. The molecule has 96 valence electrons. The number of hydrogen-bond donors (Lipinski definition) is 1. The van der Waals surface area contributed by atoms with Crippen LogP contribution in [0.25, 0.3) is 0 Å². The van der Waals surface area contributed by atoms with Crippen LogP contribution in [0, 0.1) is 0 Å². The number of hydrogen-bond acceptors (Lipinski definition) is 5. The minimum absolute atomic E-state index is 0.0905. The van der Waals surface area contributed by atoms with Crippen LogP contribution in [0.2, 0.25) is 0 Å². The zero-order valence-corrected chi connectivity index (χ0v) is 10.9. The second kappa shape index (κ2) is 4.29. The molecule has 0 unspecified atom stereocenters. The monoisotopic (exact) mass is 258 g/mol. The minimum atomic E-state index is -3.04. The van der Waals surface area contributed by atoms with E-state index in [1.165, 1.54) is 0 Å². The van der Waals surface area contributed by atoms with E-state index < -0.39 is 9.84 Å². The maximum atomic E-state index is 11.7. The molecule has 1 heterocycles. The van der Waals surface area contributed by atoms with E-state index in [1.54, 1.807) is 18.5 Å². The lowest BCUT2D eigenvalue weighted by Crippen LogP contribution is -2.22. The predicted octanol–water partition coefficient (Wildman–Crippen LogP) is 0.561. The Morgan fingerprint density at radius 3 is 2.65 bits per heavy atom. The van der Waals surface area contributed by atoms with Crippen LogP contribution in [0.1, 0.15) is 38.3 Å². The number of aromatic nitrogens is 3. The van der Waals surface area contributed by atoms with Crippen molar-refractivity contribution in [3.63, 3.8) is 0 Å². The highest BCUT2D eigenvalue weighted by Gasteiger charge is 2.31. The summed E-state index contributed by atoms with van der Waals surface area (Å²) in [5.74, 6) is 0.953. The lowest BCUT2D eigenvalue weighted by molar-refractivity contribution is 0.560. The molecule has 0 spiro atoms. The van der Waals surface area contributed by atoms with Gasteiger partial charge >= 0.3 is 0 Å². The first-order valence-electron chi connectivity index (χ1n) is 5.82. The molecular weight excluding hydrogens is 240 g/mol. The molecule has 1 aliphatic rings. The van der Waals surface area contributed by atoms with Gasteiger partial charge in [0.25, 0.3) is 0 Å². The van der Waals surface area contributed by atoms with Crippen LogP contribution in [0.4, 0.5) is 5.82 Å². The van der Waals surface area contributed by atoms with Crippen LogP contribution in [0.5, 0.6) is 0 Å². The van der Waals surface area contributed by atoms with Gasteiger partial charge in [-0.1, -0.05) is 5.21 Å². The van der Waals surface area contributed by atoms with Gasteiger partial charge in [0.15, 0.2) is 15.7 Å². The third kappa shape index (κ3) is 2.59. The molecular formula is C10H18N4O2S. The summed E-state index contributed by atoms with van der Waals surface area (Å²) in [6.45, 7) is 3.72. The molecule has 0 radical (unpaired) electrons. The molecule has 2 rings (SSSR count). The molecule has 1 aromatic rings. The first-order chi connectivity index (χ1) is 7.92. The largest absolute Gasteiger partial charge is 0.381 e. The number of anilines is 1. The van der Waals surface area contributed by atoms with Gasteiger partial charge in [0.1, 0.15) is 0 Å². The highest BCUT2D eigenvalue weighted by molar-refractivity contribution is 7.91. The number of nitrogen functional groups attached to an aromatic ring is 1. The van der Waals surface area contributed by atoms with Crippen LogP contribution < -0.4 is 5.73 Å². The fourth-order valence-electron chi connectivity index (χ4n) is 1.73. The SMILES string of the molecule is CC(C)S(=O)(=O)CCn1nnc(N)c1C1CC1. The lowest BCUT2D eigenvalue weighted by atomic mass is 10.3. The average Bonchev–Trinajstić information content (AvgIpc) is 3.00. The van der Waals surface area contributed by atoms with Crippen LogP contribution in [-0.2, 0) is 16.4 Å². The summed E-state index contributed by atoms with van der Waals surface area (Å²) in [7, 11) is -3.04. The Balaban J connectivity index is 2.10. The summed E-state index contributed by atoms with van der Waals surface area (Å²) in [4.78, 5) is 0. The van der Waals surface area contributed by atoms with Crippen molar-refractivity contribution in [3.05, 3.63) is 5.69 Å². The van der Waals surface area contributed by atoms with Crippen molar-refractivity contribution in [2.45, 2.75) is 44.4 Å². The van der Waals surface area contributed by atoms with E-state index in [0.717, 1.165) is 18.5 Å². The molecule has 1 aliphatic carbocycles. The summed E-state index contributed by atoms with van der Waals surface area (Å²) < 4.78 is 25.1. The highest BCUT2D eigenvalue weighted by atomic mass is 32.2. The molecule has 0 aliphatic heterocycles. The maximum Gasteiger partial charge on any atom is 0.169 e. The van der Waals surface area contributed by atoms with E-state index >= 15 is 0 Å². The van der Waals surface area contributed by atoms with Gasteiger partial charge in [-0.3, -0.25) is 0 Å². The summed E-state index contributed by atoms with van der Waals surface area (Å²) in [5, 5.41) is 7.38. The molecule has 1 saturated carbocycles. The standard InChI is InChI=1S/C10H18N4O2S/c1-7(2)17(15,16)6-5-14-9(8-3-4-8)10(11)12-13-14/h7-8H,3-6,11H2,1-2H3. The van der Waals surface area contributed by atoms with Crippen molar-refractivity contribution in [2.75, 3.05) is 11.5 Å². The van der Waals surface area contributed by atoms with Gasteiger partial charge < -0.3 is 5.73 Å². The summed E-state index contributed by atoms with van der Waals surface area (Å²) >= 11 is 0. The third-order valence-electron chi connectivity index (χ3n) is 3.07. The first-order valence-corrected chi connectivity index (χ1v) is 7.54. The second-order valence-electron chi connectivity index (χ2n) is 4.77. The van der Waals surface area contributed by atoms with E-state index in [1.807, 2.05) is 0 Å². The summed E-state index contributed by atoms with van der Waals surface area (Å²) in [5.41, 5.74) is 6.64. The summed E-state index contributed by atoms with van der Waals surface area (Å²) in [6, 6.07) is 0. The molecule has 17 heavy (non-hydrogen) atoms. The minimum Gasteiger partial charge on any atom is -0.381 e. The topological polar surface area (TPSA) is 90.9 Å². The zero-order chi connectivity index (χ0) is 12.6. The number of nitrogens with two attached hydrogens (primary N) is 1. The van der Waals surface area contributed by atoms with Crippen molar-refractivity contribution >= 4 is 15.7 Å². The zero-order valence-electron chi connectivity index (χ0n) is 10.1. The van der Waals surface area contributed by atoms with Gasteiger partial charge in [-0.05, 0) is 26.7 Å². The number of sulfone groups is 1. The van der Waals surface area contributed by atoms with Crippen molar-refractivity contribution in [2.24, 2.45) is 0 Å². The normalized spacial score (nSPS) is 16.6. The predicted molar refractivity (Wildman–Crippen MR) is 65.3 cm³/mol. The Bertz CT molecular complexity index is 502. The second-order valence-corrected chi connectivity index (χ2v) is 7.45. The Morgan fingerprint density at radius 1 is 1.47 bits per heavy atom. The molecule has 0 amide bonds. The molecule has 2 N–H and O–H groups in total. The van der Waals surface area contributed by atoms with Crippen molar-refractivity contribution in [1.82, 2.24) is 15.0 Å². The molecule has 1 fully saturated rings. The van der Waals surface area contributed by atoms with Gasteiger partial charge in [0.05, 0.1) is 23.2 Å². The first kappa shape index (κ1) is 12.3. The van der Waals surface area contributed by atoms with Gasteiger partial charge in [-0.2, -0.15) is 0 Å². The van der Waals surface area contributed by atoms with E-state index in [0.29, 0.717) is 18.3 Å². The lowest BCUT2D eigenvalue weighted by Gasteiger charge is -2.09. The molecule has 0 saturated heterocycles. The van der Waals surface area contributed by atoms with Crippen molar-refractivity contribution in [3.8, 4) is 0 Å². The van der Waals surface area contributed by atoms with Gasteiger partial charge in [-0.15, -0.1) is 5.10 Å². The van der Waals surface area contributed by atoms with Gasteiger partial charge in [0.2, 0.25) is 0 Å². The molecule has 1 aromatic heterocycles. The quantitative estimate of drug-likeness (QED) is 0.833. The summed E-state index contributed by atoms with van der Waals surface area (Å²) in [6.07, 6.45) is 2.18. The van der Waals surface area contributed by atoms with Crippen molar-refractivity contribution < 1.29 is 8.42 Å². The van der Waals surface area contributed by atoms with Crippen LogP contribution >= 0.6 is 0 Å². The number of rotatable bonds is 5. The number of aryl methyl sites for hydroxylation is 1. The van der Waals surface area contributed by atoms with Crippen LogP contribution in [0.3, 0.4) is 0 Å². The van der Waals surface area contributed by atoms with Gasteiger partial charge in [0, 0.05) is 5.92 Å². The average molecular weight is 258 g/mol. The van der Waals surface area contributed by atoms with E-state index in [-0.39, 0.29) is 11.0 Å². The Morgan fingerprint density at radius 2 is 2.12 bits per heavy atom. The smallest absolute Gasteiger partial charge is 0.169 e. The number of nitrogens with zero attached hydrogens (tertiary/aromatic N) is 3. The Hall–Kier alpha value is -1.11. The van der Waals surface area contributed by atoms with E-state index in [4.69, 9.17) is 5.73 Å². The maximum absolute atomic E-state index is 11.7. The molecule has 0 atom stereocenters. The fraction of sp³-hybridized carbons (Fsp3) is 0.800. The Labute approximate surface area is 101 Å².